The molecule has 2 aliphatic rings. The molecule has 2 aliphatic heterocycles. The van der Waals surface area contributed by atoms with Crippen LogP contribution in [0, 0.1) is 5.41 Å². The normalized spacial score (nSPS) is 18.2. The number of thiophene rings is 1. The molecule has 1 N–H and O–H groups in total. The van der Waals surface area contributed by atoms with Crippen LogP contribution in [0.15, 0.2) is 63.5 Å². The van der Waals surface area contributed by atoms with Gasteiger partial charge in [-0.25, -0.2) is 0 Å². The standard InChI is InChI=1S/C17H12N4O2S2/c18-15-13(9-12-7-4-8-24-12)16(22)19-17-21(15)20-14(25-17)10-23-11-5-2-1-3-6-11/h1-9,18H,10H2/b13-9+,18-15?. The topological polar surface area (TPSA) is 78.1 Å². The molecular formula is C17H12N4O2S2. The van der Waals surface area contributed by atoms with Crippen LogP contribution in [-0.2, 0) is 4.79 Å². The zero-order chi connectivity index (χ0) is 17.2. The van der Waals surface area contributed by atoms with Gasteiger partial charge in [0, 0.05) is 4.88 Å². The van der Waals surface area contributed by atoms with Crippen molar-refractivity contribution in [1.29, 1.82) is 5.41 Å². The van der Waals surface area contributed by atoms with E-state index < -0.39 is 5.91 Å². The first kappa shape index (κ1) is 15.8. The number of thioether (sulfide) groups is 1. The summed E-state index contributed by atoms with van der Waals surface area (Å²) in [5.74, 6) is 0.352. The number of amides is 1. The van der Waals surface area contributed by atoms with E-state index in [0.29, 0.717) is 10.2 Å². The molecule has 124 valence electrons. The lowest BCUT2D eigenvalue weighted by Gasteiger charge is -2.19. The average molecular weight is 368 g/mol. The van der Waals surface area contributed by atoms with E-state index in [4.69, 9.17) is 10.1 Å². The van der Waals surface area contributed by atoms with E-state index in [1.807, 2.05) is 47.8 Å². The SMILES string of the molecule is N=C1/C(=C\c2cccs2)C(=O)N=C2SC(COc3ccccc3)=NN12. The van der Waals surface area contributed by atoms with Gasteiger partial charge in [0.2, 0.25) is 5.17 Å². The number of hydrogen-bond acceptors (Lipinski definition) is 6. The van der Waals surface area contributed by atoms with Gasteiger partial charge in [-0.1, -0.05) is 24.3 Å². The van der Waals surface area contributed by atoms with Gasteiger partial charge in [0.1, 0.15) is 17.4 Å². The summed E-state index contributed by atoms with van der Waals surface area (Å²) in [5, 5.41) is 17.0. The second-order valence-corrected chi connectivity index (χ2v) is 7.15. The van der Waals surface area contributed by atoms with Crippen LogP contribution in [0.4, 0.5) is 0 Å². The Morgan fingerprint density at radius 2 is 2.04 bits per heavy atom. The molecule has 0 atom stereocenters. The second-order valence-electron chi connectivity index (χ2n) is 5.13. The molecule has 0 spiro atoms. The number of rotatable bonds is 4. The fraction of sp³-hybridized carbons (Fsp3) is 0.0588. The summed E-state index contributed by atoms with van der Waals surface area (Å²) in [6, 6.07) is 13.2. The van der Waals surface area contributed by atoms with Crippen LogP contribution >= 0.6 is 23.1 Å². The van der Waals surface area contributed by atoms with Crippen LogP contribution in [0.5, 0.6) is 5.75 Å². The predicted molar refractivity (Wildman–Crippen MR) is 101 cm³/mol. The summed E-state index contributed by atoms with van der Waals surface area (Å²) >= 11 is 2.74. The minimum Gasteiger partial charge on any atom is -0.487 e. The summed E-state index contributed by atoms with van der Waals surface area (Å²) in [7, 11) is 0. The van der Waals surface area contributed by atoms with Gasteiger partial charge in [0.05, 0.1) is 5.57 Å². The number of carbonyl (C=O) groups is 1. The Hall–Kier alpha value is -2.71. The first-order valence-electron chi connectivity index (χ1n) is 7.41. The average Bonchev–Trinajstić information content (AvgIpc) is 3.27. The molecule has 0 saturated carbocycles. The number of benzene rings is 1. The molecule has 0 aliphatic carbocycles. The van der Waals surface area contributed by atoms with E-state index in [0.717, 1.165) is 10.6 Å². The van der Waals surface area contributed by atoms with Crippen LogP contribution < -0.4 is 4.74 Å². The summed E-state index contributed by atoms with van der Waals surface area (Å²) in [4.78, 5) is 17.2. The molecule has 1 aromatic heterocycles. The highest BCUT2D eigenvalue weighted by Crippen LogP contribution is 2.29. The smallest absolute Gasteiger partial charge is 0.283 e. The number of hydrazone groups is 1. The maximum Gasteiger partial charge on any atom is 0.283 e. The second kappa shape index (κ2) is 6.66. The highest BCUT2D eigenvalue weighted by Gasteiger charge is 2.35. The number of nitrogens with zero attached hydrogens (tertiary/aromatic N) is 3. The van der Waals surface area contributed by atoms with E-state index in [2.05, 4.69) is 10.1 Å². The van der Waals surface area contributed by atoms with Crippen molar-refractivity contribution in [3.8, 4) is 5.75 Å². The predicted octanol–water partition coefficient (Wildman–Crippen LogP) is 3.45. The Balaban J connectivity index is 1.53. The Bertz CT molecular complexity index is 917. The lowest BCUT2D eigenvalue weighted by atomic mass is 10.1. The first-order chi connectivity index (χ1) is 12.2. The molecule has 2 aromatic rings. The largest absolute Gasteiger partial charge is 0.487 e. The summed E-state index contributed by atoms with van der Waals surface area (Å²) in [6.45, 7) is 0.260. The first-order valence-corrected chi connectivity index (χ1v) is 9.11. The highest BCUT2D eigenvalue weighted by atomic mass is 32.2. The summed E-state index contributed by atoms with van der Waals surface area (Å²) in [5.41, 5.74) is 0.237. The molecule has 1 aromatic carbocycles. The zero-order valence-corrected chi connectivity index (χ0v) is 14.5. The molecule has 0 bridgehead atoms. The van der Waals surface area contributed by atoms with Crippen LogP contribution in [0.2, 0.25) is 0 Å². The third kappa shape index (κ3) is 3.26. The van der Waals surface area contributed by atoms with Crippen molar-refractivity contribution in [2.24, 2.45) is 10.1 Å². The lowest BCUT2D eigenvalue weighted by molar-refractivity contribution is -0.114. The van der Waals surface area contributed by atoms with Gasteiger partial charge in [-0.15, -0.1) is 11.3 Å². The van der Waals surface area contributed by atoms with Gasteiger partial charge < -0.3 is 4.74 Å². The molecule has 0 unspecified atom stereocenters. The van der Waals surface area contributed by atoms with Crippen molar-refractivity contribution in [2.45, 2.75) is 0 Å². The molecule has 0 saturated heterocycles. The van der Waals surface area contributed by atoms with Gasteiger partial charge in [0.25, 0.3) is 5.91 Å². The van der Waals surface area contributed by atoms with Crippen molar-refractivity contribution >= 4 is 51.1 Å². The van der Waals surface area contributed by atoms with Crippen molar-refractivity contribution in [3.63, 3.8) is 0 Å². The third-order valence-electron chi connectivity index (χ3n) is 3.43. The number of fused-ring (bicyclic) bond motifs is 1. The van der Waals surface area contributed by atoms with E-state index in [-0.39, 0.29) is 18.0 Å². The summed E-state index contributed by atoms with van der Waals surface area (Å²) in [6.07, 6.45) is 1.67. The van der Waals surface area contributed by atoms with Crippen molar-refractivity contribution in [2.75, 3.05) is 6.61 Å². The minimum atomic E-state index is -0.419. The Kier molecular flexibility index (Phi) is 4.21. The fourth-order valence-electron chi connectivity index (χ4n) is 2.27. The quantitative estimate of drug-likeness (QED) is 0.839. The summed E-state index contributed by atoms with van der Waals surface area (Å²) < 4.78 is 5.67. The van der Waals surface area contributed by atoms with Gasteiger partial charge >= 0.3 is 0 Å². The number of carbonyl (C=O) groups excluding carboxylic acids is 1. The van der Waals surface area contributed by atoms with Gasteiger partial charge in [-0.05, 0) is 41.4 Å². The molecule has 25 heavy (non-hydrogen) atoms. The maximum absolute atomic E-state index is 12.2. The molecule has 0 fully saturated rings. The number of para-hydroxylation sites is 1. The van der Waals surface area contributed by atoms with Crippen LogP contribution in [0.1, 0.15) is 4.88 Å². The van der Waals surface area contributed by atoms with Crippen molar-refractivity contribution in [3.05, 3.63) is 58.3 Å². The monoisotopic (exact) mass is 368 g/mol. The van der Waals surface area contributed by atoms with Gasteiger partial charge in [-0.3, -0.25) is 10.2 Å². The van der Waals surface area contributed by atoms with Gasteiger partial charge in [0.15, 0.2) is 5.84 Å². The van der Waals surface area contributed by atoms with Crippen LogP contribution in [-0.4, -0.2) is 33.6 Å². The number of ether oxygens (including phenoxy) is 1. The fourth-order valence-corrected chi connectivity index (χ4v) is 3.72. The minimum absolute atomic E-state index is 0.0330. The van der Waals surface area contributed by atoms with E-state index in [9.17, 15) is 4.79 Å². The Labute approximate surface area is 152 Å². The third-order valence-corrected chi connectivity index (χ3v) is 5.13. The van der Waals surface area contributed by atoms with Crippen molar-refractivity contribution < 1.29 is 9.53 Å². The van der Waals surface area contributed by atoms with E-state index in [1.165, 1.54) is 28.1 Å². The van der Waals surface area contributed by atoms with Crippen molar-refractivity contribution in [1.82, 2.24) is 5.01 Å². The van der Waals surface area contributed by atoms with Gasteiger partial charge in [-0.2, -0.15) is 15.1 Å². The molecule has 0 radical (unpaired) electrons. The molecule has 3 heterocycles. The number of aliphatic imine (C=N–C) groups is 1. The van der Waals surface area contributed by atoms with E-state index >= 15 is 0 Å². The molecule has 6 nitrogen and oxygen atoms in total. The number of nitrogens with one attached hydrogen (secondary N) is 1. The number of amidine groups is 2. The highest BCUT2D eigenvalue weighted by molar-refractivity contribution is 8.27. The Morgan fingerprint density at radius 1 is 1.20 bits per heavy atom. The Morgan fingerprint density at radius 3 is 2.80 bits per heavy atom. The van der Waals surface area contributed by atoms with E-state index in [1.54, 1.807) is 6.08 Å². The molecular weight excluding hydrogens is 356 g/mol. The lowest BCUT2D eigenvalue weighted by Crippen LogP contribution is -2.35. The van der Waals surface area contributed by atoms with Crippen LogP contribution in [0.3, 0.4) is 0 Å². The zero-order valence-electron chi connectivity index (χ0n) is 12.9. The van der Waals surface area contributed by atoms with Crippen LogP contribution in [0.25, 0.3) is 6.08 Å². The maximum atomic E-state index is 12.2. The molecule has 8 heteroatoms. The molecule has 1 amide bonds. The number of hydrogen-bond donors (Lipinski definition) is 1. The molecule has 4 rings (SSSR count).